The van der Waals surface area contributed by atoms with Gasteiger partial charge in [-0.05, 0) is 0 Å². The van der Waals surface area contributed by atoms with E-state index in [0.717, 1.165) is 26.2 Å². The molecule has 2 unspecified atom stereocenters. The van der Waals surface area contributed by atoms with Crippen LogP contribution in [0.1, 0.15) is 12.5 Å². The molecular weight excluding hydrogens is 281 g/mol. The Morgan fingerprint density at radius 1 is 1.20 bits per heavy atom. The second kappa shape index (κ2) is 4.72. The highest BCUT2D eigenvalue weighted by molar-refractivity contribution is 5.77. The summed E-state index contributed by atoms with van der Waals surface area (Å²) in [5, 5.41) is 0. The number of rotatable bonds is 2. The molecule has 1 aliphatic heterocycles. The van der Waals surface area contributed by atoms with Crippen LogP contribution < -0.4 is 0 Å². The quantitative estimate of drug-likeness (QED) is 0.618. The Balaban J connectivity index is 2.46. The first-order chi connectivity index (χ1) is 9.25. The van der Waals surface area contributed by atoms with E-state index < -0.39 is 23.7 Å². The predicted molar refractivity (Wildman–Crippen MR) is 57.9 cm³/mol. The summed E-state index contributed by atoms with van der Waals surface area (Å²) in [6.07, 6.45) is -4.96. The summed E-state index contributed by atoms with van der Waals surface area (Å²) >= 11 is 0. The maximum Gasteiger partial charge on any atom is 0.451 e. The van der Waals surface area contributed by atoms with Crippen molar-refractivity contribution in [2.24, 2.45) is 0 Å². The van der Waals surface area contributed by atoms with Gasteiger partial charge in [0.15, 0.2) is 0 Å². The highest BCUT2D eigenvalue weighted by Crippen LogP contribution is 2.50. The van der Waals surface area contributed by atoms with E-state index in [9.17, 15) is 18.0 Å². The van der Waals surface area contributed by atoms with Crippen LogP contribution in [0.5, 0.6) is 0 Å². The first-order valence-electron chi connectivity index (χ1n) is 5.53. The summed E-state index contributed by atoms with van der Waals surface area (Å²) < 4.78 is 49.1. The molecule has 1 fully saturated rings. The van der Waals surface area contributed by atoms with Crippen LogP contribution >= 0.6 is 0 Å². The van der Waals surface area contributed by atoms with Crippen LogP contribution in [0.4, 0.5) is 13.2 Å². The molecule has 0 bridgehead atoms. The fourth-order valence-electron chi connectivity index (χ4n) is 1.74. The fourth-order valence-corrected chi connectivity index (χ4v) is 1.74. The van der Waals surface area contributed by atoms with Gasteiger partial charge in [0.05, 0.1) is 7.11 Å². The van der Waals surface area contributed by atoms with Crippen molar-refractivity contribution in [1.29, 1.82) is 0 Å². The molecular formula is C12H11F3O5. The number of methoxy groups -OCH3 is 1. The minimum atomic E-state index is -4.96. The molecule has 0 spiro atoms. The van der Waals surface area contributed by atoms with Crippen LogP contribution in [0.25, 0.3) is 0 Å². The number of esters is 1. The van der Waals surface area contributed by atoms with Gasteiger partial charge in [0.1, 0.15) is 0 Å². The topological polar surface area (TPSA) is 54.0 Å². The monoisotopic (exact) mass is 292 g/mol. The SMILES string of the molecule is COC(=O)C1(C)OOC(c2ccccc2)(C(F)(F)F)O1. The molecule has 0 aromatic heterocycles. The van der Waals surface area contributed by atoms with E-state index in [1.54, 1.807) is 0 Å². The van der Waals surface area contributed by atoms with Crippen LogP contribution in [0.3, 0.4) is 0 Å². The van der Waals surface area contributed by atoms with Crippen LogP contribution in [0.2, 0.25) is 0 Å². The Morgan fingerprint density at radius 2 is 1.80 bits per heavy atom. The Hall–Kier alpha value is -1.64. The number of carbonyl (C=O) groups is 1. The zero-order chi connectivity index (χ0) is 15.0. The van der Waals surface area contributed by atoms with Gasteiger partial charge in [0.25, 0.3) is 5.79 Å². The Morgan fingerprint density at radius 3 is 2.30 bits per heavy atom. The van der Waals surface area contributed by atoms with E-state index in [-0.39, 0.29) is 5.56 Å². The van der Waals surface area contributed by atoms with Gasteiger partial charge in [-0.25, -0.2) is 4.79 Å². The van der Waals surface area contributed by atoms with Gasteiger partial charge in [-0.2, -0.15) is 22.9 Å². The van der Waals surface area contributed by atoms with Crippen molar-refractivity contribution < 1.29 is 37.2 Å². The lowest BCUT2D eigenvalue weighted by Crippen LogP contribution is -2.47. The average Bonchev–Trinajstić information content (AvgIpc) is 2.79. The zero-order valence-corrected chi connectivity index (χ0v) is 10.6. The predicted octanol–water partition coefficient (Wildman–Crippen LogP) is 2.27. The molecule has 20 heavy (non-hydrogen) atoms. The van der Waals surface area contributed by atoms with Crippen LogP contribution in [-0.2, 0) is 29.8 Å². The van der Waals surface area contributed by atoms with Crippen molar-refractivity contribution in [2.75, 3.05) is 7.11 Å². The molecule has 1 saturated heterocycles. The highest BCUT2D eigenvalue weighted by Gasteiger charge is 2.70. The van der Waals surface area contributed by atoms with Crippen molar-refractivity contribution in [1.82, 2.24) is 0 Å². The molecule has 0 aliphatic carbocycles. The average molecular weight is 292 g/mol. The largest absolute Gasteiger partial charge is 0.465 e. The summed E-state index contributed by atoms with van der Waals surface area (Å²) in [7, 11) is 0.996. The van der Waals surface area contributed by atoms with E-state index in [1.165, 1.54) is 18.2 Å². The van der Waals surface area contributed by atoms with E-state index in [4.69, 9.17) is 4.74 Å². The second-order valence-electron chi connectivity index (χ2n) is 4.19. The van der Waals surface area contributed by atoms with Gasteiger partial charge >= 0.3 is 17.9 Å². The van der Waals surface area contributed by atoms with Gasteiger partial charge in [-0.15, -0.1) is 0 Å². The number of ether oxygens (including phenoxy) is 2. The molecule has 0 saturated carbocycles. The normalized spacial score (nSPS) is 30.2. The van der Waals surface area contributed by atoms with Crippen LogP contribution in [-0.4, -0.2) is 25.0 Å². The Bertz CT molecular complexity index is 504. The third kappa shape index (κ3) is 2.15. The number of halogens is 3. The van der Waals surface area contributed by atoms with E-state index in [2.05, 4.69) is 14.5 Å². The summed E-state index contributed by atoms with van der Waals surface area (Å²) in [5.74, 6) is -6.63. The lowest BCUT2D eigenvalue weighted by atomic mass is 10.1. The molecule has 0 radical (unpaired) electrons. The molecule has 2 rings (SSSR count). The van der Waals surface area contributed by atoms with Crippen LogP contribution in [0.15, 0.2) is 30.3 Å². The van der Waals surface area contributed by atoms with Crippen molar-refractivity contribution >= 4 is 5.97 Å². The van der Waals surface area contributed by atoms with E-state index in [0.29, 0.717) is 0 Å². The van der Waals surface area contributed by atoms with Crippen molar-refractivity contribution in [3.63, 3.8) is 0 Å². The molecule has 2 atom stereocenters. The van der Waals surface area contributed by atoms with Gasteiger partial charge in [-0.1, -0.05) is 30.3 Å². The second-order valence-corrected chi connectivity index (χ2v) is 4.19. The lowest BCUT2D eigenvalue weighted by Gasteiger charge is -2.28. The Kier molecular flexibility index (Phi) is 3.49. The maximum atomic E-state index is 13.3. The molecule has 5 nitrogen and oxygen atoms in total. The first-order valence-corrected chi connectivity index (χ1v) is 5.53. The number of alkyl halides is 3. The molecule has 1 aromatic carbocycles. The van der Waals surface area contributed by atoms with E-state index >= 15 is 0 Å². The molecule has 1 aromatic rings. The minimum Gasteiger partial charge on any atom is -0.465 e. The van der Waals surface area contributed by atoms with Crippen molar-refractivity contribution in [3.8, 4) is 0 Å². The number of carbonyl (C=O) groups excluding carboxylic acids is 1. The Labute approximate surface area is 112 Å². The number of hydrogen-bond donors (Lipinski definition) is 0. The summed E-state index contributed by atoms with van der Waals surface area (Å²) in [4.78, 5) is 20.3. The van der Waals surface area contributed by atoms with Gasteiger partial charge < -0.3 is 4.74 Å². The summed E-state index contributed by atoms with van der Waals surface area (Å²) in [6.45, 7) is 0.981. The number of benzene rings is 1. The molecule has 1 heterocycles. The van der Waals surface area contributed by atoms with Crippen molar-refractivity contribution in [3.05, 3.63) is 35.9 Å². The van der Waals surface area contributed by atoms with E-state index in [1.807, 2.05) is 0 Å². The van der Waals surface area contributed by atoms with Crippen molar-refractivity contribution in [2.45, 2.75) is 24.7 Å². The fraction of sp³-hybridized carbons (Fsp3) is 0.417. The highest BCUT2D eigenvalue weighted by atomic mass is 19.4. The molecule has 0 amide bonds. The third-order valence-electron chi connectivity index (χ3n) is 2.74. The smallest absolute Gasteiger partial charge is 0.451 e. The lowest BCUT2D eigenvalue weighted by molar-refractivity contribution is -0.420. The van der Waals surface area contributed by atoms with Gasteiger partial charge in [0, 0.05) is 12.5 Å². The standard InChI is InChI=1S/C12H11F3O5/c1-10(9(16)17-2)18-11(20-19-10,12(13,14)15)8-6-4-3-5-7-8/h3-7H,1-2H3. The number of hydrogen-bond acceptors (Lipinski definition) is 5. The first kappa shape index (κ1) is 14.8. The molecule has 0 N–H and O–H groups in total. The summed E-state index contributed by atoms with van der Waals surface area (Å²) in [5.41, 5.74) is -0.347. The molecule has 110 valence electrons. The third-order valence-corrected chi connectivity index (χ3v) is 2.74. The summed E-state index contributed by atoms with van der Waals surface area (Å²) in [6, 6.07) is 6.59. The van der Waals surface area contributed by atoms with Gasteiger partial charge in [-0.3, -0.25) is 4.74 Å². The van der Waals surface area contributed by atoms with Crippen LogP contribution in [0, 0.1) is 0 Å². The zero-order valence-electron chi connectivity index (χ0n) is 10.6. The minimum absolute atomic E-state index is 0.347. The maximum absolute atomic E-state index is 13.3. The molecule has 8 heteroatoms. The van der Waals surface area contributed by atoms with Gasteiger partial charge in [0.2, 0.25) is 0 Å². The molecule has 1 aliphatic rings.